The standard InChI is InChI=1S/C15H18N2O4/c1-3-4-5-10-16(2)14-8-7-13(17(20)21)11-12(14)6-9-15(18)19/h3,6-9,11H,1,4-5,10H2,2H3,(H,18,19)/b9-6+. The van der Waals surface area contributed by atoms with Crippen LogP contribution in [0.3, 0.4) is 0 Å². The second-order valence-corrected chi connectivity index (χ2v) is 4.52. The molecule has 1 aromatic rings. The fraction of sp³-hybridized carbons (Fsp3) is 0.267. The molecule has 6 heteroatoms. The van der Waals surface area contributed by atoms with Gasteiger partial charge in [-0.25, -0.2) is 4.79 Å². The van der Waals surface area contributed by atoms with Gasteiger partial charge >= 0.3 is 5.97 Å². The van der Waals surface area contributed by atoms with E-state index in [1.54, 1.807) is 6.07 Å². The zero-order chi connectivity index (χ0) is 15.8. The van der Waals surface area contributed by atoms with Gasteiger partial charge in [-0.3, -0.25) is 10.1 Å². The number of carboxylic acids is 1. The third-order valence-electron chi connectivity index (χ3n) is 2.94. The molecule has 0 aliphatic rings. The monoisotopic (exact) mass is 290 g/mol. The first-order chi connectivity index (χ1) is 9.95. The quantitative estimate of drug-likeness (QED) is 0.261. The number of allylic oxidation sites excluding steroid dienone is 1. The molecule has 0 aliphatic heterocycles. The average Bonchev–Trinajstić information content (AvgIpc) is 2.44. The van der Waals surface area contributed by atoms with Crippen molar-refractivity contribution in [2.75, 3.05) is 18.5 Å². The smallest absolute Gasteiger partial charge is 0.328 e. The molecule has 0 aromatic heterocycles. The minimum absolute atomic E-state index is 0.0664. The lowest BCUT2D eigenvalue weighted by Gasteiger charge is -2.21. The Balaban J connectivity index is 3.08. The Bertz CT molecular complexity index is 567. The molecule has 0 unspecified atom stereocenters. The summed E-state index contributed by atoms with van der Waals surface area (Å²) in [5.41, 5.74) is 1.19. The van der Waals surface area contributed by atoms with Crippen LogP contribution in [0.25, 0.3) is 6.08 Å². The Morgan fingerprint density at radius 2 is 2.24 bits per heavy atom. The molecular formula is C15H18N2O4. The van der Waals surface area contributed by atoms with Gasteiger partial charge in [0.05, 0.1) is 4.92 Å². The van der Waals surface area contributed by atoms with Crippen molar-refractivity contribution in [1.82, 2.24) is 0 Å². The summed E-state index contributed by atoms with van der Waals surface area (Å²) in [7, 11) is 1.86. The number of nitrogens with zero attached hydrogens (tertiary/aromatic N) is 2. The van der Waals surface area contributed by atoms with Crippen LogP contribution in [-0.2, 0) is 4.79 Å². The van der Waals surface area contributed by atoms with Crippen LogP contribution in [0.15, 0.2) is 36.9 Å². The van der Waals surface area contributed by atoms with Crippen LogP contribution in [0.4, 0.5) is 11.4 Å². The fourth-order valence-corrected chi connectivity index (χ4v) is 1.89. The molecule has 0 saturated heterocycles. The summed E-state index contributed by atoms with van der Waals surface area (Å²) >= 11 is 0. The first-order valence-electron chi connectivity index (χ1n) is 6.47. The Morgan fingerprint density at radius 3 is 2.81 bits per heavy atom. The summed E-state index contributed by atoms with van der Waals surface area (Å²) in [5.74, 6) is -1.10. The summed E-state index contributed by atoms with van der Waals surface area (Å²) in [5, 5.41) is 19.5. The summed E-state index contributed by atoms with van der Waals surface area (Å²) in [6.45, 7) is 4.41. The van der Waals surface area contributed by atoms with Crippen LogP contribution in [-0.4, -0.2) is 29.6 Å². The molecule has 6 nitrogen and oxygen atoms in total. The molecule has 0 spiro atoms. The highest BCUT2D eigenvalue weighted by molar-refractivity contribution is 5.87. The van der Waals surface area contributed by atoms with Gasteiger partial charge in [0.25, 0.3) is 5.69 Å². The Morgan fingerprint density at radius 1 is 1.52 bits per heavy atom. The molecule has 112 valence electrons. The number of nitro groups is 1. The highest BCUT2D eigenvalue weighted by Gasteiger charge is 2.12. The number of unbranched alkanes of at least 4 members (excludes halogenated alkanes) is 1. The molecule has 0 radical (unpaired) electrons. The number of benzene rings is 1. The normalized spacial score (nSPS) is 10.5. The minimum Gasteiger partial charge on any atom is -0.478 e. The second kappa shape index (κ2) is 7.84. The third kappa shape index (κ3) is 5.10. The lowest BCUT2D eigenvalue weighted by Crippen LogP contribution is -2.19. The van der Waals surface area contributed by atoms with Crippen molar-refractivity contribution in [2.45, 2.75) is 12.8 Å². The largest absolute Gasteiger partial charge is 0.478 e. The maximum absolute atomic E-state index is 10.8. The van der Waals surface area contributed by atoms with Gasteiger partial charge in [-0.2, -0.15) is 0 Å². The van der Waals surface area contributed by atoms with Crippen molar-refractivity contribution in [1.29, 1.82) is 0 Å². The van der Waals surface area contributed by atoms with E-state index in [1.165, 1.54) is 18.2 Å². The molecule has 0 atom stereocenters. The highest BCUT2D eigenvalue weighted by atomic mass is 16.6. The lowest BCUT2D eigenvalue weighted by molar-refractivity contribution is -0.384. The van der Waals surface area contributed by atoms with Crippen LogP contribution in [0, 0.1) is 10.1 Å². The summed E-state index contributed by atoms with van der Waals surface area (Å²) in [6.07, 6.45) is 5.94. The van der Waals surface area contributed by atoms with Crippen molar-refractivity contribution in [2.24, 2.45) is 0 Å². The van der Waals surface area contributed by atoms with Crippen LogP contribution >= 0.6 is 0 Å². The molecule has 1 N–H and O–H groups in total. The number of non-ortho nitro benzene ring substituents is 1. The maximum atomic E-state index is 10.8. The van der Waals surface area contributed by atoms with Crippen molar-refractivity contribution < 1.29 is 14.8 Å². The number of aliphatic carboxylic acids is 1. The maximum Gasteiger partial charge on any atom is 0.328 e. The zero-order valence-electron chi connectivity index (χ0n) is 11.9. The molecule has 0 amide bonds. The number of rotatable bonds is 8. The van der Waals surface area contributed by atoms with E-state index >= 15 is 0 Å². The average molecular weight is 290 g/mol. The van der Waals surface area contributed by atoms with Crippen molar-refractivity contribution in [3.63, 3.8) is 0 Å². The van der Waals surface area contributed by atoms with E-state index in [1.807, 2.05) is 18.0 Å². The molecule has 0 aliphatic carbocycles. The fourth-order valence-electron chi connectivity index (χ4n) is 1.89. The Hall–Kier alpha value is -2.63. The number of nitro benzene ring substituents is 1. The van der Waals surface area contributed by atoms with Gasteiger partial charge in [-0.1, -0.05) is 6.08 Å². The van der Waals surface area contributed by atoms with E-state index in [0.717, 1.165) is 31.1 Å². The number of hydrogen-bond donors (Lipinski definition) is 1. The van der Waals surface area contributed by atoms with Crippen LogP contribution in [0.1, 0.15) is 18.4 Å². The summed E-state index contributed by atoms with van der Waals surface area (Å²) in [6, 6.07) is 4.42. The van der Waals surface area contributed by atoms with E-state index in [4.69, 9.17) is 5.11 Å². The minimum atomic E-state index is -1.10. The van der Waals surface area contributed by atoms with Gasteiger partial charge in [0, 0.05) is 43.1 Å². The second-order valence-electron chi connectivity index (χ2n) is 4.52. The van der Waals surface area contributed by atoms with Gasteiger partial charge in [0.2, 0.25) is 0 Å². The van der Waals surface area contributed by atoms with Gasteiger partial charge in [0.15, 0.2) is 0 Å². The number of carboxylic acid groups (broad SMARTS) is 1. The first-order valence-corrected chi connectivity index (χ1v) is 6.47. The number of anilines is 1. The van der Waals surface area contributed by atoms with Gasteiger partial charge in [0.1, 0.15) is 0 Å². The van der Waals surface area contributed by atoms with Crippen molar-refractivity contribution in [3.8, 4) is 0 Å². The molecule has 0 saturated carbocycles. The van der Waals surface area contributed by atoms with Gasteiger partial charge < -0.3 is 10.0 Å². The SMILES string of the molecule is C=CCCCN(C)c1ccc([N+](=O)[O-])cc1/C=C/C(=O)O. The van der Waals surface area contributed by atoms with Crippen molar-refractivity contribution in [3.05, 3.63) is 52.6 Å². The Labute approximate surface area is 123 Å². The van der Waals surface area contributed by atoms with Gasteiger partial charge in [-0.15, -0.1) is 6.58 Å². The lowest BCUT2D eigenvalue weighted by atomic mass is 10.1. The summed E-state index contributed by atoms with van der Waals surface area (Å²) in [4.78, 5) is 22.9. The molecule has 1 aromatic carbocycles. The van der Waals surface area contributed by atoms with Crippen LogP contribution in [0.2, 0.25) is 0 Å². The first kappa shape index (κ1) is 16.4. The predicted octanol–water partition coefficient (Wildman–Crippen LogP) is 3.10. The van der Waals surface area contributed by atoms with E-state index < -0.39 is 10.9 Å². The Kier molecular flexibility index (Phi) is 6.13. The molecule has 21 heavy (non-hydrogen) atoms. The topological polar surface area (TPSA) is 83.7 Å². The van der Waals surface area contributed by atoms with E-state index in [-0.39, 0.29) is 5.69 Å². The van der Waals surface area contributed by atoms with Gasteiger partial charge in [-0.05, 0) is 25.0 Å². The third-order valence-corrected chi connectivity index (χ3v) is 2.94. The van der Waals surface area contributed by atoms with Crippen LogP contribution in [0.5, 0.6) is 0 Å². The number of hydrogen-bond acceptors (Lipinski definition) is 4. The van der Waals surface area contributed by atoms with E-state index in [9.17, 15) is 14.9 Å². The molecule has 0 bridgehead atoms. The zero-order valence-corrected chi connectivity index (χ0v) is 11.9. The number of carbonyl (C=O) groups is 1. The summed E-state index contributed by atoms with van der Waals surface area (Å²) < 4.78 is 0. The van der Waals surface area contributed by atoms with E-state index in [0.29, 0.717) is 5.56 Å². The molecular weight excluding hydrogens is 272 g/mol. The molecule has 0 fully saturated rings. The van der Waals surface area contributed by atoms with Crippen molar-refractivity contribution >= 4 is 23.4 Å². The molecule has 0 heterocycles. The molecule has 1 rings (SSSR count). The van der Waals surface area contributed by atoms with E-state index in [2.05, 4.69) is 6.58 Å². The predicted molar refractivity (Wildman–Crippen MR) is 82.5 cm³/mol. The highest BCUT2D eigenvalue weighted by Crippen LogP contribution is 2.26. The van der Waals surface area contributed by atoms with Crippen LogP contribution < -0.4 is 4.90 Å².